The van der Waals surface area contributed by atoms with E-state index < -0.39 is 65.5 Å². The van der Waals surface area contributed by atoms with Crippen molar-refractivity contribution in [1.29, 1.82) is 0 Å². The number of hydrogen-bond acceptors (Lipinski definition) is 8. The van der Waals surface area contributed by atoms with Gasteiger partial charge in [-0.1, -0.05) is 44.2 Å². The van der Waals surface area contributed by atoms with E-state index in [4.69, 9.17) is 10.9 Å². The lowest BCUT2D eigenvalue weighted by molar-refractivity contribution is -0.159. The van der Waals surface area contributed by atoms with Gasteiger partial charge in [0.15, 0.2) is 1.41 Å². The number of nitrogens with one attached hydrogen (secondary N) is 2. The summed E-state index contributed by atoms with van der Waals surface area (Å²) in [5.74, 6) is -2.88. The number of likely N-dealkylation sites (tertiary alicyclic amines) is 1. The van der Waals surface area contributed by atoms with Crippen LogP contribution in [0.5, 0.6) is 0 Å². The Bertz CT molecular complexity index is 1110. The molecule has 0 bridgehead atoms. The number of esters is 1. The molecule has 1 aliphatic rings. The minimum atomic E-state index is -1.67. The molecular formula is C29H44N4O8. The number of ether oxygens (including phenoxy) is 2. The predicted octanol–water partition coefficient (Wildman–Crippen LogP) is 1.59. The number of rotatable bonds is 11. The summed E-state index contributed by atoms with van der Waals surface area (Å²) in [6.07, 6.45) is -1.68. The molecule has 3 N–H and O–H groups in total. The summed E-state index contributed by atoms with van der Waals surface area (Å²) >= 11 is 0. The number of likely N-dealkylation sites (N-methyl/N-ethyl adjacent to an activating group) is 1. The van der Waals surface area contributed by atoms with Crippen LogP contribution in [0.15, 0.2) is 30.3 Å². The number of amides is 4. The van der Waals surface area contributed by atoms with Crippen LogP contribution < -0.4 is 10.6 Å². The lowest BCUT2D eigenvalue weighted by Crippen LogP contribution is -2.60. The van der Waals surface area contributed by atoms with Gasteiger partial charge in [-0.15, -0.1) is 0 Å². The molecule has 1 fully saturated rings. The maximum atomic E-state index is 13.7. The number of carbonyl (C=O) groups excluding carboxylic acids is 5. The van der Waals surface area contributed by atoms with Gasteiger partial charge in [0.1, 0.15) is 36.9 Å². The van der Waals surface area contributed by atoms with Crippen LogP contribution in [0, 0.1) is 5.92 Å². The first-order chi connectivity index (χ1) is 19.5. The van der Waals surface area contributed by atoms with Crippen LogP contribution in [-0.4, -0.2) is 94.7 Å². The number of nitrogens with zero attached hydrogens (tertiary/aromatic N) is 2. The summed E-state index contributed by atoms with van der Waals surface area (Å²) < 4.78 is 18.6. The van der Waals surface area contributed by atoms with Crippen molar-refractivity contribution >= 4 is 29.8 Å². The van der Waals surface area contributed by atoms with Gasteiger partial charge in [0.2, 0.25) is 17.7 Å². The SMILES string of the molecule is [2H]N(C(=O)OCc1ccccc1)[C@H](C(=O)N[C@H](C(=O)N1CCC[C@H]1C(=O)N(C)CC(=O)OC(C)(C)C)C(C)C)[C@@H](C)O. The van der Waals surface area contributed by atoms with E-state index in [1.807, 2.05) is 0 Å². The average molecular weight is 578 g/mol. The van der Waals surface area contributed by atoms with E-state index in [9.17, 15) is 29.1 Å². The standard InChI is InChI=1S/C29H44N4O8/c1-18(2)23(30-25(36)24(19(3)34)31-28(39)40-17-20-12-9-8-10-13-20)27(38)33-15-11-14-21(33)26(37)32(7)16-22(35)41-29(4,5)6/h8-10,12-13,18-19,21,23-24,34H,11,14-17H2,1-7H3,(H,30,36)(H,31,39)/t19-,21+,23+,24+/m1/s1/i/hD. The second-order valence-corrected chi connectivity index (χ2v) is 11.6. The molecule has 0 aliphatic carbocycles. The first-order valence-electron chi connectivity index (χ1n) is 14.2. The van der Waals surface area contributed by atoms with Crippen LogP contribution in [0.4, 0.5) is 4.79 Å². The van der Waals surface area contributed by atoms with Gasteiger partial charge in [0.25, 0.3) is 0 Å². The number of aliphatic hydroxyl groups is 1. The Hall–Kier alpha value is -3.67. The van der Waals surface area contributed by atoms with E-state index in [1.165, 1.54) is 23.8 Å². The fourth-order valence-corrected chi connectivity index (χ4v) is 4.37. The topological polar surface area (TPSA) is 155 Å². The molecule has 0 aromatic heterocycles. The molecule has 0 unspecified atom stereocenters. The molecule has 0 saturated carbocycles. The summed E-state index contributed by atoms with van der Waals surface area (Å²) in [7, 11) is 1.46. The number of benzene rings is 1. The third-order valence-corrected chi connectivity index (χ3v) is 6.39. The Labute approximate surface area is 243 Å². The van der Waals surface area contributed by atoms with Crippen LogP contribution in [-0.2, 0) is 35.3 Å². The molecule has 0 spiro atoms. The molecule has 1 aromatic rings. The molecule has 1 saturated heterocycles. The Kier molecular flexibility index (Phi) is 11.5. The molecule has 12 nitrogen and oxygen atoms in total. The highest BCUT2D eigenvalue weighted by molar-refractivity contribution is 5.95. The highest BCUT2D eigenvalue weighted by atomic mass is 16.6. The van der Waals surface area contributed by atoms with Crippen LogP contribution in [0.1, 0.15) is 59.9 Å². The second-order valence-electron chi connectivity index (χ2n) is 11.6. The summed E-state index contributed by atoms with van der Waals surface area (Å²) in [5, 5.41) is 13.1. The number of hydrogen-bond donors (Lipinski definition) is 3. The zero-order valence-corrected chi connectivity index (χ0v) is 25.0. The van der Waals surface area contributed by atoms with Crippen molar-refractivity contribution in [1.82, 2.24) is 20.4 Å². The smallest absolute Gasteiger partial charge is 0.408 e. The quantitative estimate of drug-likeness (QED) is 0.335. The van der Waals surface area contributed by atoms with Crippen molar-refractivity contribution in [3.8, 4) is 0 Å². The first kappa shape index (κ1) is 31.9. The van der Waals surface area contributed by atoms with Gasteiger partial charge in [-0.3, -0.25) is 19.2 Å². The fourth-order valence-electron chi connectivity index (χ4n) is 4.37. The lowest BCUT2D eigenvalue weighted by atomic mass is 10.0. The van der Waals surface area contributed by atoms with E-state index >= 15 is 0 Å². The predicted molar refractivity (Wildman–Crippen MR) is 150 cm³/mol. The Morgan fingerprint density at radius 2 is 1.76 bits per heavy atom. The molecule has 1 aliphatic heterocycles. The first-order valence-corrected chi connectivity index (χ1v) is 13.8. The summed E-state index contributed by atoms with van der Waals surface area (Å²) in [5.41, 5.74) is -0.0369. The normalized spacial score (nSPS) is 17.6. The fraction of sp³-hybridized carbons (Fsp3) is 0.621. The minimum Gasteiger partial charge on any atom is -0.459 e. The maximum absolute atomic E-state index is 13.7. The third kappa shape index (κ3) is 10.3. The Balaban J connectivity index is 2.11. The monoisotopic (exact) mass is 577 g/mol. The van der Waals surface area contributed by atoms with Crippen LogP contribution in [0.25, 0.3) is 0 Å². The van der Waals surface area contributed by atoms with Crippen molar-refractivity contribution in [3.63, 3.8) is 0 Å². The molecule has 228 valence electrons. The van der Waals surface area contributed by atoms with Crippen LogP contribution >= 0.6 is 0 Å². The van der Waals surface area contributed by atoms with E-state index in [2.05, 4.69) is 5.32 Å². The number of aliphatic hydroxyl groups excluding tert-OH is 1. The molecule has 0 radical (unpaired) electrons. The highest BCUT2D eigenvalue weighted by Crippen LogP contribution is 2.22. The van der Waals surface area contributed by atoms with Gasteiger partial charge in [0.05, 0.1) is 6.10 Å². The molecule has 4 amide bonds. The molecule has 4 atom stereocenters. The van der Waals surface area contributed by atoms with E-state index in [0.717, 1.165) is 0 Å². The van der Waals surface area contributed by atoms with Gasteiger partial charge in [-0.05, 0) is 52.0 Å². The van der Waals surface area contributed by atoms with E-state index in [-0.39, 0.29) is 25.0 Å². The highest BCUT2D eigenvalue weighted by Gasteiger charge is 2.41. The van der Waals surface area contributed by atoms with Crippen molar-refractivity contribution < 1.29 is 40.0 Å². The summed E-state index contributed by atoms with van der Waals surface area (Å²) in [6.45, 7) is 9.67. The zero-order valence-electron chi connectivity index (χ0n) is 26.0. The van der Waals surface area contributed by atoms with Gasteiger partial charge < -0.3 is 35.0 Å². The van der Waals surface area contributed by atoms with Crippen molar-refractivity contribution in [3.05, 3.63) is 35.9 Å². The van der Waals surface area contributed by atoms with Gasteiger partial charge in [-0.2, -0.15) is 0 Å². The van der Waals surface area contributed by atoms with E-state index in [0.29, 0.717) is 18.4 Å². The second kappa shape index (κ2) is 14.8. The minimum absolute atomic E-state index is 0.136. The van der Waals surface area contributed by atoms with Gasteiger partial charge in [-0.25, -0.2) is 4.79 Å². The molecule has 1 aromatic carbocycles. The zero-order chi connectivity index (χ0) is 31.8. The Morgan fingerprint density at radius 1 is 1.12 bits per heavy atom. The van der Waals surface area contributed by atoms with E-state index in [1.54, 1.807) is 65.0 Å². The summed E-state index contributed by atoms with van der Waals surface area (Å²) in [6, 6.07) is 5.15. The Morgan fingerprint density at radius 3 is 2.32 bits per heavy atom. The number of carbonyl (C=O) groups is 5. The molecule has 2 rings (SSSR count). The van der Waals surface area contributed by atoms with Crippen LogP contribution in [0.2, 0.25) is 1.41 Å². The number of alkyl carbamates (subject to hydrolysis) is 1. The maximum Gasteiger partial charge on any atom is 0.408 e. The molecule has 41 heavy (non-hydrogen) atoms. The van der Waals surface area contributed by atoms with Crippen LogP contribution in [0.3, 0.4) is 0 Å². The van der Waals surface area contributed by atoms with Crippen molar-refractivity contribution in [2.24, 2.45) is 5.92 Å². The van der Waals surface area contributed by atoms with Gasteiger partial charge in [0, 0.05) is 13.6 Å². The summed E-state index contributed by atoms with van der Waals surface area (Å²) in [4.78, 5) is 67.5. The molecule has 1 heterocycles. The van der Waals surface area contributed by atoms with Gasteiger partial charge >= 0.3 is 12.1 Å². The van der Waals surface area contributed by atoms with Crippen molar-refractivity contribution in [2.45, 2.75) is 90.8 Å². The average Bonchev–Trinajstić information content (AvgIpc) is 3.38. The third-order valence-electron chi connectivity index (χ3n) is 6.39. The van der Waals surface area contributed by atoms with Crippen molar-refractivity contribution in [2.75, 3.05) is 20.1 Å². The largest absolute Gasteiger partial charge is 0.459 e. The molecule has 12 heteroatoms. The lowest BCUT2D eigenvalue weighted by Gasteiger charge is -2.33. The molecular weight excluding hydrogens is 532 g/mol.